The molecule has 1 fully saturated rings. The minimum atomic E-state index is -0.988. The summed E-state index contributed by atoms with van der Waals surface area (Å²) >= 11 is 0. The van der Waals surface area contributed by atoms with Gasteiger partial charge in [-0.25, -0.2) is 0 Å². The third-order valence-corrected chi connectivity index (χ3v) is 4.32. The smallest absolute Gasteiger partial charge is 0.114 e. The highest BCUT2D eigenvalue weighted by Gasteiger charge is 2.39. The number of allylic oxidation sites excluding steroid dienone is 2. The molecule has 0 saturated carbocycles. The summed E-state index contributed by atoms with van der Waals surface area (Å²) in [7, 11) is 0. The number of unbranched alkanes of at least 4 members (excludes halogenated alkanes) is 7. The van der Waals surface area contributed by atoms with Crippen molar-refractivity contribution < 1.29 is 24.8 Å². The van der Waals surface area contributed by atoms with Gasteiger partial charge in [-0.2, -0.15) is 0 Å². The van der Waals surface area contributed by atoms with Crippen LogP contribution in [0.15, 0.2) is 12.2 Å². The van der Waals surface area contributed by atoms with Gasteiger partial charge >= 0.3 is 0 Å². The molecule has 1 heterocycles. The molecule has 0 amide bonds. The molecule has 1 saturated heterocycles. The van der Waals surface area contributed by atoms with Crippen LogP contribution in [0.3, 0.4) is 0 Å². The highest BCUT2D eigenvalue weighted by molar-refractivity contribution is 4.87. The van der Waals surface area contributed by atoms with E-state index in [4.69, 9.17) is 9.47 Å². The molecule has 0 aromatic rings. The monoisotopic (exact) mass is 330 g/mol. The fourth-order valence-corrected chi connectivity index (χ4v) is 2.85. The number of rotatable bonds is 12. The van der Waals surface area contributed by atoms with Crippen LogP contribution in [-0.2, 0) is 9.47 Å². The Labute approximate surface area is 140 Å². The molecule has 0 aromatic heterocycles. The number of aliphatic hydroxyl groups excluding tert-OH is 3. The lowest BCUT2D eigenvalue weighted by atomic mass is 10.0. The van der Waals surface area contributed by atoms with E-state index in [0.29, 0.717) is 6.61 Å². The van der Waals surface area contributed by atoms with Gasteiger partial charge in [-0.15, -0.1) is 0 Å². The minimum absolute atomic E-state index is 0.0420. The molecule has 0 aromatic carbocycles. The fourth-order valence-electron chi connectivity index (χ4n) is 2.85. The van der Waals surface area contributed by atoms with E-state index in [-0.39, 0.29) is 13.2 Å². The molecular weight excluding hydrogens is 296 g/mol. The molecule has 5 nitrogen and oxygen atoms in total. The maximum Gasteiger partial charge on any atom is 0.114 e. The van der Waals surface area contributed by atoms with Crippen LogP contribution in [0.25, 0.3) is 0 Å². The first kappa shape index (κ1) is 20.6. The Hall–Kier alpha value is -0.460. The molecule has 5 heteroatoms. The largest absolute Gasteiger partial charge is 0.394 e. The van der Waals surface area contributed by atoms with Crippen LogP contribution in [-0.4, -0.2) is 59.6 Å². The molecule has 136 valence electrons. The standard InChI is InChI=1S/C18H34O5/c1-2-3-4-5-6-7-8-9-10-11-12-22-18-16(13-19)23-14-15(20)17(18)21/h2-3,15-21H,4-14H2,1H3/b3-2+/t15-,16+,17+,18+/m1/s1. The Balaban J connectivity index is 2.01. The minimum Gasteiger partial charge on any atom is -0.394 e. The van der Waals surface area contributed by atoms with Gasteiger partial charge < -0.3 is 24.8 Å². The van der Waals surface area contributed by atoms with Gasteiger partial charge in [0, 0.05) is 6.61 Å². The molecule has 0 aliphatic carbocycles. The third kappa shape index (κ3) is 8.27. The van der Waals surface area contributed by atoms with Gasteiger partial charge in [0.05, 0.1) is 13.2 Å². The number of hydrogen-bond acceptors (Lipinski definition) is 5. The summed E-state index contributed by atoms with van der Waals surface area (Å²) in [5.41, 5.74) is 0. The second kappa shape index (κ2) is 12.9. The zero-order valence-corrected chi connectivity index (χ0v) is 14.4. The van der Waals surface area contributed by atoms with Gasteiger partial charge in [-0.1, -0.05) is 44.3 Å². The van der Waals surface area contributed by atoms with Crippen molar-refractivity contribution in [3.8, 4) is 0 Å². The first-order chi connectivity index (χ1) is 11.2. The van der Waals surface area contributed by atoms with Gasteiger partial charge in [0.2, 0.25) is 0 Å². The summed E-state index contributed by atoms with van der Waals surface area (Å²) in [6, 6.07) is 0. The number of ether oxygens (including phenoxy) is 2. The quantitative estimate of drug-likeness (QED) is 0.377. The molecule has 23 heavy (non-hydrogen) atoms. The van der Waals surface area contributed by atoms with Gasteiger partial charge in [-0.3, -0.25) is 0 Å². The third-order valence-electron chi connectivity index (χ3n) is 4.32. The Bertz CT molecular complexity index is 306. The van der Waals surface area contributed by atoms with E-state index in [9.17, 15) is 15.3 Å². The van der Waals surface area contributed by atoms with Gasteiger partial charge in [-0.05, 0) is 26.2 Å². The second-order valence-electron chi connectivity index (χ2n) is 6.28. The van der Waals surface area contributed by atoms with E-state index in [1.54, 1.807) is 0 Å². The summed E-state index contributed by atoms with van der Waals surface area (Å²) in [6.07, 6.45) is 10.7. The molecule has 0 unspecified atom stereocenters. The molecule has 1 rings (SSSR count). The molecular formula is C18H34O5. The lowest BCUT2D eigenvalue weighted by molar-refractivity contribution is -0.211. The van der Waals surface area contributed by atoms with Crippen LogP contribution >= 0.6 is 0 Å². The Kier molecular flexibility index (Phi) is 11.5. The molecule has 4 atom stereocenters. The van der Waals surface area contributed by atoms with Crippen molar-refractivity contribution in [1.82, 2.24) is 0 Å². The SMILES string of the molecule is C/C=C/CCCCCCCCCO[C@@H]1[C@@H](O)[C@H](O)CO[C@H]1CO. The van der Waals surface area contributed by atoms with Crippen molar-refractivity contribution in [2.45, 2.75) is 82.7 Å². The zero-order chi connectivity index (χ0) is 16.9. The number of hydrogen-bond donors (Lipinski definition) is 3. The van der Waals surface area contributed by atoms with Crippen LogP contribution < -0.4 is 0 Å². The van der Waals surface area contributed by atoms with Crippen molar-refractivity contribution in [3.05, 3.63) is 12.2 Å². The summed E-state index contributed by atoms with van der Waals surface area (Å²) < 4.78 is 10.9. The van der Waals surface area contributed by atoms with Crippen molar-refractivity contribution in [2.75, 3.05) is 19.8 Å². The summed E-state index contributed by atoms with van der Waals surface area (Å²) in [5, 5.41) is 28.8. The Morgan fingerprint density at radius 2 is 1.70 bits per heavy atom. The maximum absolute atomic E-state index is 9.93. The van der Waals surface area contributed by atoms with Gasteiger partial charge in [0.15, 0.2) is 0 Å². The zero-order valence-electron chi connectivity index (χ0n) is 14.4. The van der Waals surface area contributed by atoms with E-state index in [1.807, 2.05) is 0 Å². The van der Waals surface area contributed by atoms with Gasteiger partial charge in [0.1, 0.15) is 24.4 Å². The van der Waals surface area contributed by atoms with Gasteiger partial charge in [0.25, 0.3) is 0 Å². The van der Waals surface area contributed by atoms with Crippen LogP contribution in [0.1, 0.15) is 58.3 Å². The Morgan fingerprint density at radius 3 is 2.35 bits per heavy atom. The summed E-state index contributed by atoms with van der Waals surface area (Å²) in [4.78, 5) is 0. The first-order valence-electron chi connectivity index (χ1n) is 9.02. The first-order valence-corrected chi connectivity index (χ1v) is 9.02. The van der Waals surface area contributed by atoms with Crippen molar-refractivity contribution in [2.24, 2.45) is 0 Å². The van der Waals surface area contributed by atoms with Crippen LogP contribution in [0.5, 0.6) is 0 Å². The van der Waals surface area contributed by atoms with Crippen molar-refractivity contribution in [1.29, 1.82) is 0 Å². The average molecular weight is 330 g/mol. The van der Waals surface area contributed by atoms with Crippen molar-refractivity contribution >= 4 is 0 Å². The van der Waals surface area contributed by atoms with Crippen LogP contribution in [0.2, 0.25) is 0 Å². The van der Waals surface area contributed by atoms with E-state index in [1.165, 1.54) is 38.5 Å². The van der Waals surface area contributed by atoms with Crippen LogP contribution in [0, 0.1) is 0 Å². The summed E-state index contributed by atoms with van der Waals surface area (Å²) in [5.74, 6) is 0. The second-order valence-corrected chi connectivity index (χ2v) is 6.28. The van der Waals surface area contributed by atoms with Crippen LogP contribution in [0.4, 0.5) is 0 Å². The summed E-state index contributed by atoms with van der Waals surface area (Å²) in [6.45, 7) is 2.42. The predicted molar refractivity (Wildman–Crippen MR) is 90.3 cm³/mol. The Morgan fingerprint density at radius 1 is 1.04 bits per heavy atom. The van der Waals surface area contributed by atoms with E-state index in [0.717, 1.165) is 12.8 Å². The lowest BCUT2D eigenvalue weighted by Gasteiger charge is -2.37. The number of aliphatic hydroxyl groups is 3. The average Bonchev–Trinajstić information content (AvgIpc) is 2.56. The molecule has 0 spiro atoms. The normalized spacial score (nSPS) is 28.5. The molecule has 0 radical (unpaired) electrons. The highest BCUT2D eigenvalue weighted by Crippen LogP contribution is 2.19. The predicted octanol–water partition coefficient (Wildman–Crippen LogP) is 2.18. The lowest BCUT2D eigenvalue weighted by Crippen LogP contribution is -2.55. The maximum atomic E-state index is 9.93. The fraction of sp³-hybridized carbons (Fsp3) is 0.889. The molecule has 1 aliphatic heterocycles. The highest BCUT2D eigenvalue weighted by atomic mass is 16.6. The molecule has 3 N–H and O–H groups in total. The molecule has 1 aliphatic rings. The van der Waals surface area contributed by atoms with E-state index in [2.05, 4.69) is 19.1 Å². The van der Waals surface area contributed by atoms with E-state index >= 15 is 0 Å². The van der Waals surface area contributed by atoms with Crippen molar-refractivity contribution in [3.63, 3.8) is 0 Å². The van der Waals surface area contributed by atoms with E-state index < -0.39 is 24.4 Å². The topological polar surface area (TPSA) is 79.2 Å². The molecule has 0 bridgehead atoms.